The summed E-state index contributed by atoms with van der Waals surface area (Å²) < 4.78 is 22.0. The van der Waals surface area contributed by atoms with Gasteiger partial charge in [-0.05, 0) is 76.3 Å². The summed E-state index contributed by atoms with van der Waals surface area (Å²) in [5.74, 6) is -0.378. The Balaban J connectivity index is 2.12. The van der Waals surface area contributed by atoms with E-state index in [0.717, 1.165) is 32.5 Å². The van der Waals surface area contributed by atoms with E-state index in [1.807, 2.05) is 33.8 Å². The number of aliphatic hydroxyl groups is 1. The molecule has 0 unspecified atom stereocenters. The maximum atomic E-state index is 13.4. The molecule has 1 aliphatic rings. The molecule has 0 aliphatic carbocycles. The molecule has 12 nitrogen and oxygen atoms in total. The van der Waals surface area contributed by atoms with Gasteiger partial charge in [0.05, 0.1) is 37.5 Å². The average molecular weight is 693 g/mol. The van der Waals surface area contributed by atoms with Gasteiger partial charge in [-0.3, -0.25) is 14.5 Å². The van der Waals surface area contributed by atoms with Crippen molar-refractivity contribution in [1.29, 1.82) is 0 Å². The monoisotopic (exact) mass is 692 g/mol. The van der Waals surface area contributed by atoms with Gasteiger partial charge in [0.15, 0.2) is 0 Å². The second kappa shape index (κ2) is 22.0. The van der Waals surface area contributed by atoms with Gasteiger partial charge in [-0.25, -0.2) is 4.79 Å². The van der Waals surface area contributed by atoms with Gasteiger partial charge in [0.25, 0.3) is 5.91 Å². The van der Waals surface area contributed by atoms with Crippen molar-refractivity contribution in [3.8, 4) is 5.75 Å². The molecule has 1 heterocycles. The van der Waals surface area contributed by atoms with Crippen molar-refractivity contribution >= 4 is 17.9 Å². The van der Waals surface area contributed by atoms with Gasteiger partial charge in [0, 0.05) is 52.4 Å². The quantitative estimate of drug-likeness (QED) is 0.139. The van der Waals surface area contributed by atoms with Crippen LogP contribution in [0.2, 0.25) is 0 Å². The fourth-order valence-electron chi connectivity index (χ4n) is 5.72. The van der Waals surface area contributed by atoms with Crippen molar-refractivity contribution in [1.82, 2.24) is 20.9 Å². The SMILES string of the molecule is COCCCCOc1ccccc1C(=O)NC[C@@H](C[C@H](NC(=O)OC(C)(C)C)[C@@H](O)C[C@H](C(=O)NCCN1CCOCC1)C(C)C)C(C)C. The highest BCUT2D eigenvalue weighted by molar-refractivity contribution is 5.96. The van der Waals surface area contributed by atoms with E-state index < -0.39 is 29.8 Å². The molecule has 1 aromatic carbocycles. The van der Waals surface area contributed by atoms with Crippen LogP contribution in [0.25, 0.3) is 0 Å². The number of para-hydroxylation sites is 1. The van der Waals surface area contributed by atoms with Crippen molar-refractivity contribution in [3.05, 3.63) is 29.8 Å². The van der Waals surface area contributed by atoms with E-state index in [9.17, 15) is 19.5 Å². The lowest BCUT2D eigenvalue weighted by molar-refractivity contribution is -0.127. The van der Waals surface area contributed by atoms with Crippen molar-refractivity contribution < 1.29 is 38.4 Å². The van der Waals surface area contributed by atoms with Crippen LogP contribution in [-0.4, -0.2) is 112 Å². The van der Waals surface area contributed by atoms with E-state index in [-0.39, 0.29) is 36.0 Å². The number of alkyl carbamates (subject to hydrolysis) is 1. The molecule has 12 heteroatoms. The maximum absolute atomic E-state index is 13.4. The van der Waals surface area contributed by atoms with Crippen LogP contribution in [0.5, 0.6) is 5.75 Å². The first kappa shape index (κ1) is 42.2. The number of hydrogen-bond donors (Lipinski definition) is 4. The summed E-state index contributed by atoms with van der Waals surface area (Å²) in [5.41, 5.74) is -0.287. The molecule has 49 heavy (non-hydrogen) atoms. The molecule has 0 bridgehead atoms. The Hall–Kier alpha value is -2.93. The number of morpholine rings is 1. The van der Waals surface area contributed by atoms with Crippen LogP contribution < -0.4 is 20.7 Å². The number of hydrogen-bond acceptors (Lipinski definition) is 9. The van der Waals surface area contributed by atoms with Gasteiger partial charge in [0.1, 0.15) is 11.4 Å². The second-order valence-electron chi connectivity index (χ2n) is 14.6. The number of unbranched alkanes of at least 4 members (excludes halogenated alkanes) is 1. The van der Waals surface area contributed by atoms with Crippen LogP contribution >= 0.6 is 0 Å². The molecule has 1 aromatic rings. The van der Waals surface area contributed by atoms with Crippen LogP contribution in [-0.2, 0) is 19.0 Å². The molecule has 0 radical (unpaired) electrons. The Morgan fingerprint density at radius 1 is 0.959 bits per heavy atom. The molecule has 2 rings (SSSR count). The highest BCUT2D eigenvalue weighted by Crippen LogP contribution is 2.25. The molecular weight excluding hydrogens is 628 g/mol. The van der Waals surface area contributed by atoms with E-state index in [0.29, 0.717) is 57.3 Å². The number of benzene rings is 1. The number of ether oxygens (including phenoxy) is 4. The number of nitrogens with one attached hydrogen (secondary N) is 3. The second-order valence-corrected chi connectivity index (χ2v) is 14.6. The first-order valence-corrected chi connectivity index (χ1v) is 18.0. The normalized spacial score (nSPS) is 16.5. The number of carbonyl (C=O) groups is 3. The fourth-order valence-corrected chi connectivity index (χ4v) is 5.72. The van der Waals surface area contributed by atoms with E-state index in [2.05, 4.69) is 20.9 Å². The summed E-state index contributed by atoms with van der Waals surface area (Å²) in [6, 6.07) is 6.43. The average Bonchev–Trinajstić information content (AvgIpc) is 3.04. The summed E-state index contributed by atoms with van der Waals surface area (Å²) in [6.45, 7) is 19.1. The molecule has 3 amide bonds. The van der Waals surface area contributed by atoms with E-state index in [4.69, 9.17) is 18.9 Å². The molecule has 1 fully saturated rings. The Bertz CT molecular complexity index is 1120. The van der Waals surface area contributed by atoms with Crippen LogP contribution in [0, 0.1) is 23.7 Å². The first-order chi connectivity index (χ1) is 23.2. The van der Waals surface area contributed by atoms with Crippen molar-refractivity contribution in [3.63, 3.8) is 0 Å². The molecule has 1 saturated heterocycles. The molecule has 0 saturated carbocycles. The lowest BCUT2D eigenvalue weighted by atomic mass is 9.82. The Kier molecular flexibility index (Phi) is 19.0. The summed E-state index contributed by atoms with van der Waals surface area (Å²) in [5, 5.41) is 20.6. The minimum absolute atomic E-state index is 0.0392. The molecule has 0 spiro atoms. The number of nitrogens with zero attached hydrogens (tertiary/aromatic N) is 1. The fraction of sp³-hybridized carbons (Fsp3) is 0.757. The van der Waals surface area contributed by atoms with Gasteiger partial charge in [0.2, 0.25) is 5.91 Å². The van der Waals surface area contributed by atoms with Crippen molar-refractivity contribution in [2.75, 3.05) is 66.3 Å². The topological polar surface area (TPSA) is 148 Å². The van der Waals surface area contributed by atoms with E-state index in [1.54, 1.807) is 46.1 Å². The van der Waals surface area contributed by atoms with Crippen LogP contribution in [0.15, 0.2) is 24.3 Å². The van der Waals surface area contributed by atoms with Gasteiger partial charge in [-0.15, -0.1) is 0 Å². The van der Waals surface area contributed by atoms with E-state index >= 15 is 0 Å². The van der Waals surface area contributed by atoms with Crippen molar-refractivity contribution in [2.24, 2.45) is 23.7 Å². The predicted octanol–water partition coefficient (Wildman–Crippen LogP) is 4.25. The molecule has 0 aromatic heterocycles. The number of rotatable bonds is 21. The lowest BCUT2D eigenvalue weighted by Crippen LogP contribution is -2.49. The molecule has 280 valence electrons. The molecule has 4 atom stereocenters. The van der Waals surface area contributed by atoms with Gasteiger partial charge in [-0.2, -0.15) is 0 Å². The van der Waals surface area contributed by atoms with Gasteiger partial charge >= 0.3 is 6.09 Å². The third-order valence-electron chi connectivity index (χ3n) is 8.79. The van der Waals surface area contributed by atoms with E-state index in [1.165, 1.54) is 0 Å². The van der Waals surface area contributed by atoms with Crippen LogP contribution in [0.4, 0.5) is 4.79 Å². The zero-order valence-electron chi connectivity index (χ0n) is 31.2. The Labute approximate surface area is 294 Å². The minimum atomic E-state index is -1.03. The van der Waals surface area contributed by atoms with Gasteiger partial charge in [-0.1, -0.05) is 39.8 Å². The lowest BCUT2D eigenvalue weighted by Gasteiger charge is -2.33. The van der Waals surface area contributed by atoms with Crippen LogP contribution in [0.3, 0.4) is 0 Å². The predicted molar refractivity (Wildman–Crippen MR) is 191 cm³/mol. The summed E-state index contributed by atoms with van der Waals surface area (Å²) in [4.78, 5) is 41.9. The summed E-state index contributed by atoms with van der Waals surface area (Å²) in [6.07, 6.45) is 0.516. The zero-order valence-corrected chi connectivity index (χ0v) is 31.2. The number of amides is 3. The van der Waals surface area contributed by atoms with Crippen molar-refractivity contribution in [2.45, 2.75) is 91.9 Å². The highest BCUT2D eigenvalue weighted by Gasteiger charge is 2.33. The zero-order chi connectivity index (χ0) is 36.4. The standard InChI is InChI=1S/C37H64N4O8/c1-26(2)28(25-39-34(43)29-13-9-10-14-33(29)48-20-12-11-19-46-8)23-31(40-36(45)49-37(5,6)7)32(42)24-30(27(3)4)35(44)38-15-16-41-17-21-47-22-18-41/h9-10,13-14,26-28,30-32,42H,11-12,15-25H2,1-8H3,(H,38,44)(H,39,43)(H,40,45)/t28-,30+,31+,32+/m1/s1. The third kappa shape index (κ3) is 16.6. The molecular formula is C37H64N4O8. The number of aliphatic hydroxyl groups excluding tert-OH is 1. The number of methoxy groups -OCH3 is 1. The Morgan fingerprint density at radius 3 is 2.27 bits per heavy atom. The smallest absolute Gasteiger partial charge is 0.407 e. The molecule has 4 N–H and O–H groups in total. The summed E-state index contributed by atoms with van der Waals surface area (Å²) in [7, 11) is 1.66. The highest BCUT2D eigenvalue weighted by atomic mass is 16.6. The maximum Gasteiger partial charge on any atom is 0.407 e. The summed E-state index contributed by atoms with van der Waals surface area (Å²) >= 11 is 0. The number of carbonyl (C=O) groups excluding carboxylic acids is 3. The minimum Gasteiger partial charge on any atom is -0.493 e. The first-order valence-electron chi connectivity index (χ1n) is 18.0. The molecule has 1 aliphatic heterocycles. The third-order valence-corrected chi connectivity index (χ3v) is 8.79. The largest absolute Gasteiger partial charge is 0.493 e. The Morgan fingerprint density at radius 2 is 1.63 bits per heavy atom. The van der Waals surface area contributed by atoms with Gasteiger partial charge < -0.3 is 40.0 Å². The van der Waals surface area contributed by atoms with Crippen LogP contribution in [0.1, 0.15) is 84.5 Å².